The van der Waals surface area contributed by atoms with Crippen LogP contribution in [0.15, 0.2) is 18.2 Å². The van der Waals surface area contributed by atoms with Gasteiger partial charge in [-0.1, -0.05) is 25.1 Å². The number of benzene rings is 1. The average Bonchev–Trinajstić information content (AvgIpc) is 2.21. The molecule has 15 heavy (non-hydrogen) atoms. The largest absolute Gasteiger partial charge is 0.461 e. The first-order valence-corrected chi connectivity index (χ1v) is 5.36. The van der Waals surface area contributed by atoms with Crippen LogP contribution in [0.2, 0.25) is 0 Å². The van der Waals surface area contributed by atoms with Crippen molar-refractivity contribution >= 4 is 5.97 Å². The number of carbonyl (C=O) groups excluding carboxylic acids is 1. The Morgan fingerprint density at radius 3 is 2.73 bits per heavy atom. The Balaban J connectivity index is 2.58. The Morgan fingerprint density at radius 1 is 1.33 bits per heavy atom. The van der Waals surface area contributed by atoms with E-state index in [1.54, 1.807) is 0 Å². The predicted molar refractivity (Wildman–Crippen MR) is 60.6 cm³/mol. The minimum atomic E-state index is -0.113. The van der Waals surface area contributed by atoms with Crippen molar-refractivity contribution in [2.45, 2.75) is 40.2 Å². The molecule has 0 amide bonds. The van der Waals surface area contributed by atoms with Crippen molar-refractivity contribution in [2.24, 2.45) is 0 Å². The molecule has 0 saturated carbocycles. The molecule has 0 radical (unpaired) electrons. The normalized spacial score (nSPS) is 10.1. The minimum absolute atomic E-state index is 0.113. The molecular formula is C13H18O2. The van der Waals surface area contributed by atoms with Gasteiger partial charge in [-0.2, -0.15) is 0 Å². The molecule has 0 N–H and O–H groups in total. The van der Waals surface area contributed by atoms with Crippen LogP contribution in [-0.2, 0) is 16.1 Å². The van der Waals surface area contributed by atoms with E-state index in [9.17, 15) is 4.79 Å². The lowest BCUT2D eigenvalue weighted by molar-refractivity contribution is -0.145. The topological polar surface area (TPSA) is 26.3 Å². The Bertz CT molecular complexity index is 342. The number of aryl methyl sites for hydroxylation is 1. The van der Waals surface area contributed by atoms with E-state index in [2.05, 4.69) is 19.9 Å². The van der Waals surface area contributed by atoms with Crippen LogP contribution in [0.4, 0.5) is 0 Å². The van der Waals surface area contributed by atoms with Gasteiger partial charge < -0.3 is 4.74 Å². The lowest BCUT2D eigenvalue weighted by Gasteiger charge is -2.09. The summed E-state index contributed by atoms with van der Waals surface area (Å²) in [5, 5.41) is 0. The molecular weight excluding hydrogens is 188 g/mol. The van der Waals surface area contributed by atoms with Gasteiger partial charge in [-0.05, 0) is 37.0 Å². The second-order valence-electron chi connectivity index (χ2n) is 3.77. The Kier molecular flexibility index (Phi) is 4.35. The third-order valence-electron chi connectivity index (χ3n) is 2.56. The van der Waals surface area contributed by atoms with Gasteiger partial charge in [0.15, 0.2) is 0 Å². The number of rotatable bonds is 4. The first kappa shape index (κ1) is 11.8. The van der Waals surface area contributed by atoms with E-state index in [1.165, 1.54) is 11.1 Å². The molecule has 0 heterocycles. The van der Waals surface area contributed by atoms with Crippen LogP contribution < -0.4 is 0 Å². The highest BCUT2D eigenvalue weighted by molar-refractivity contribution is 5.69. The van der Waals surface area contributed by atoms with Gasteiger partial charge in [0.25, 0.3) is 0 Å². The van der Waals surface area contributed by atoms with Crippen LogP contribution >= 0.6 is 0 Å². The van der Waals surface area contributed by atoms with Crippen molar-refractivity contribution in [3.05, 3.63) is 34.9 Å². The first-order valence-electron chi connectivity index (χ1n) is 5.36. The summed E-state index contributed by atoms with van der Waals surface area (Å²) in [6.07, 6.45) is 1.34. The number of hydrogen-bond acceptors (Lipinski definition) is 2. The molecule has 0 spiro atoms. The van der Waals surface area contributed by atoms with E-state index in [-0.39, 0.29) is 5.97 Å². The van der Waals surface area contributed by atoms with E-state index in [4.69, 9.17) is 4.74 Å². The van der Waals surface area contributed by atoms with Gasteiger partial charge in [0.05, 0.1) is 0 Å². The third-order valence-corrected chi connectivity index (χ3v) is 2.56. The van der Waals surface area contributed by atoms with Gasteiger partial charge >= 0.3 is 5.97 Å². The summed E-state index contributed by atoms with van der Waals surface area (Å²) in [6, 6.07) is 6.06. The highest BCUT2D eigenvalue weighted by atomic mass is 16.5. The summed E-state index contributed by atoms with van der Waals surface area (Å²) in [7, 11) is 0. The Morgan fingerprint density at radius 2 is 2.07 bits per heavy atom. The molecule has 0 aliphatic rings. The van der Waals surface area contributed by atoms with Gasteiger partial charge in [-0.3, -0.25) is 4.79 Å². The molecule has 2 heteroatoms. The fourth-order valence-corrected chi connectivity index (χ4v) is 1.40. The SMILES string of the molecule is CCCC(=O)OCc1cccc(C)c1C. The maximum atomic E-state index is 11.2. The standard InChI is InChI=1S/C13H18O2/c1-4-6-13(14)15-9-12-8-5-7-10(2)11(12)3/h5,7-8H,4,6,9H2,1-3H3. The van der Waals surface area contributed by atoms with Crippen LogP contribution in [0.3, 0.4) is 0 Å². The highest BCUT2D eigenvalue weighted by Crippen LogP contribution is 2.13. The zero-order valence-electron chi connectivity index (χ0n) is 9.67. The second kappa shape index (κ2) is 5.54. The van der Waals surface area contributed by atoms with Crippen molar-refractivity contribution in [1.82, 2.24) is 0 Å². The van der Waals surface area contributed by atoms with E-state index in [0.29, 0.717) is 13.0 Å². The molecule has 2 nitrogen and oxygen atoms in total. The smallest absolute Gasteiger partial charge is 0.306 e. The monoisotopic (exact) mass is 206 g/mol. The fraction of sp³-hybridized carbons (Fsp3) is 0.462. The van der Waals surface area contributed by atoms with Gasteiger partial charge in [-0.15, -0.1) is 0 Å². The van der Waals surface area contributed by atoms with E-state index in [1.807, 2.05) is 19.1 Å². The molecule has 0 saturated heterocycles. The maximum absolute atomic E-state index is 11.2. The summed E-state index contributed by atoms with van der Waals surface area (Å²) >= 11 is 0. The van der Waals surface area contributed by atoms with E-state index in [0.717, 1.165) is 12.0 Å². The molecule has 1 aromatic rings. The maximum Gasteiger partial charge on any atom is 0.306 e. The van der Waals surface area contributed by atoms with Gasteiger partial charge in [-0.25, -0.2) is 0 Å². The molecule has 1 aromatic carbocycles. The van der Waals surface area contributed by atoms with Crippen LogP contribution in [0.5, 0.6) is 0 Å². The molecule has 0 bridgehead atoms. The second-order valence-corrected chi connectivity index (χ2v) is 3.77. The average molecular weight is 206 g/mol. The Labute approximate surface area is 91.3 Å². The minimum Gasteiger partial charge on any atom is -0.461 e. The molecule has 0 fully saturated rings. The Hall–Kier alpha value is -1.31. The summed E-state index contributed by atoms with van der Waals surface area (Å²) < 4.78 is 5.17. The highest BCUT2D eigenvalue weighted by Gasteiger charge is 2.04. The zero-order valence-corrected chi connectivity index (χ0v) is 9.67. The number of esters is 1. The van der Waals surface area contributed by atoms with Crippen molar-refractivity contribution in [3.63, 3.8) is 0 Å². The van der Waals surface area contributed by atoms with Crippen LogP contribution in [-0.4, -0.2) is 5.97 Å². The molecule has 0 aromatic heterocycles. The molecule has 0 aliphatic heterocycles. The molecule has 0 atom stereocenters. The summed E-state index contributed by atoms with van der Waals surface area (Å²) in [5.74, 6) is -0.113. The zero-order chi connectivity index (χ0) is 11.3. The predicted octanol–water partition coefficient (Wildman–Crippen LogP) is 3.15. The van der Waals surface area contributed by atoms with Crippen LogP contribution in [0.25, 0.3) is 0 Å². The van der Waals surface area contributed by atoms with Crippen molar-refractivity contribution in [1.29, 1.82) is 0 Å². The number of ether oxygens (including phenoxy) is 1. The molecule has 82 valence electrons. The quantitative estimate of drug-likeness (QED) is 0.707. The van der Waals surface area contributed by atoms with Gasteiger partial charge in [0.2, 0.25) is 0 Å². The van der Waals surface area contributed by atoms with E-state index >= 15 is 0 Å². The third kappa shape index (κ3) is 3.39. The number of hydrogen-bond donors (Lipinski definition) is 0. The molecule has 0 aliphatic carbocycles. The summed E-state index contributed by atoms with van der Waals surface area (Å²) in [6.45, 7) is 6.48. The van der Waals surface area contributed by atoms with Crippen molar-refractivity contribution in [3.8, 4) is 0 Å². The van der Waals surface area contributed by atoms with Crippen molar-refractivity contribution < 1.29 is 9.53 Å². The first-order chi connectivity index (χ1) is 7.15. The molecule has 1 rings (SSSR count). The van der Waals surface area contributed by atoms with Crippen molar-refractivity contribution in [2.75, 3.05) is 0 Å². The van der Waals surface area contributed by atoms with E-state index < -0.39 is 0 Å². The van der Waals surface area contributed by atoms with Gasteiger partial charge in [0.1, 0.15) is 6.61 Å². The lowest BCUT2D eigenvalue weighted by Crippen LogP contribution is -2.05. The fourth-order valence-electron chi connectivity index (χ4n) is 1.40. The van der Waals surface area contributed by atoms with Crippen LogP contribution in [0, 0.1) is 13.8 Å². The van der Waals surface area contributed by atoms with Gasteiger partial charge in [0, 0.05) is 6.42 Å². The summed E-state index contributed by atoms with van der Waals surface area (Å²) in [5.41, 5.74) is 3.54. The number of carbonyl (C=O) groups is 1. The lowest BCUT2D eigenvalue weighted by atomic mass is 10.0. The van der Waals surface area contributed by atoms with Crippen LogP contribution in [0.1, 0.15) is 36.5 Å². The molecule has 0 unspecified atom stereocenters. The summed E-state index contributed by atoms with van der Waals surface area (Å²) in [4.78, 5) is 11.2.